The Labute approximate surface area is 83.9 Å². The number of nitrogens with one attached hydrogen (secondary N) is 1. The van der Waals surface area contributed by atoms with Crippen molar-refractivity contribution in [3.05, 3.63) is 27.7 Å². The van der Waals surface area contributed by atoms with Crippen LogP contribution in [-0.2, 0) is 6.42 Å². The van der Waals surface area contributed by atoms with Gasteiger partial charge < -0.3 is 10.4 Å². The van der Waals surface area contributed by atoms with E-state index in [0.717, 1.165) is 28.7 Å². The molecule has 2 N–H and O–H groups in total. The lowest BCUT2D eigenvalue weighted by molar-refractivity contribution is 0.0696. The lowest BCUT2D eigenvalue weighted by Crippen LogP contribution is -2.00. The Morgan fingerprint density at radius 3 is 3.00 bits per heavy atom. The van der Waals surface area contributed by atoms with Crippen LogP contribution in [0.25, 0.3) is 0 Å². The number of carboxylic acids is 1. The molecule has 0 spiro atoms. The van der Waals surface area contributed by atoms with E-state index in [9.17, 15) is 4.79 Å². The SMILES string of the molecule is O=C(O)c1cc(Br)cc2c1CCN2. The minimum absolute atomic E-state index is 0.398. The van der Waals surface area contributed by atoms with Gasteiger partial charge in [0.25, 0.3) is 0 Å². The molecule has 13 heavy (non-hydrogen) atoms. The summed E-state index contributed by atoms with van der Waals surface area (Å²) in [4.78, 5) is 10.9. The molecule has 0 saturated carbocycles. The molecule has 1 aliphatic rings. The molecule has 0 fully saturated rings. The quantitative estimate of drug-likeness (QED) is 0.792. The minimum Gasteiger partial charge on any atom is -0.478 e. The second kappa shape index (κ2) is 3.03. The molecule has 68 valence electrons. The molecule has 3 nitrogen and oxygen atoms in total. The lowest BCUT2D eigenvalue weighted by Gasteiger charge is -2.04. The van der Waals surface area contributed by atoms with Crippen LogP contribution in [0.3, 0.4) is 0 Å². The van der Waals surface area contributed by atoms with E-state index in [2.05, 4.69) is 21.2 Å². The number of rotatable bonds is 1. The van der Waals surface area contributed by atoms with Gasteiger partial charge in [0.15, 0.2) is 0 Å². The Bertz CT molecular complexity index is 376. The number of carbonyl (C=O) groups is 1. The average molecular weight is 242 g/mol. The summed E-state index contributed by atoms with van der Waals surface area (Å²) in [5.74, 6) is -0.860. The highest BCUT2D eigenvalue weighted by atomic mass is 79.9. The van der Waals surface area contributed by atoms with E-state index >= 15 is 0 Å². The Morgan fingerprint density at radius 2 is 2.31 bits per heavy atom. The fraction of sp³-hybridized carbons (Fsp3) is 0.222. The van der Waals surface area contributed by atoms with Crippen LogP contribution in [0.5, 0.6) is 0 Å². The van der Waals surface area contributed by atoms with Gasteiger partial charge in [-0.05, 0) is 24.1 Å². The highest BCUT2D eigenvalue weighted by molar-refractivity contribution is 9.10. The number of halogens is 1. The monoisotopic (exact) mass is 241 g/mol. The summed E-state index contributed by atoms with van der Waals surface area (Å²) < 4.78 is 0.804. The van der Waals surface area contributed by atoms with Gasteiger partial charge in [-0.25, -0.2) is 4.79 Å². The largest absolute Gasteiger partial charge is 0.478 e. The van der Waals surface area contributed by atoms with Crippen molar-refractivity contribution >= 4 is 27.6 Å². The maximum absolute atomic E-state index is 10.9. The Morgan fingerprint density at radius 1 is 1.54 bits per heavy atom. The van der Waals surface area contributed by atoms with Crippen molar-refractivity contribution in [3.63, 3.8) is 0 Å². The summed E-state index contributed by atoms with van der Waals surface area (Å²) in [6, 6.07) is 3.56. The Hall–Kier alpha value is -1.03. The molecule has 1 aromatic carbocycles. The van der Waals surface area contributed by atoms with Crippen molar-refractivity contribution in [2.75, 3.05) is 11.9 Å². The zero-order chi connectivity index (χ0) is 9.42. The van der Waals surface area contributed by atoms with E-state index in [1.807, 2.05) is 6.07 Å². The molecular formula is C9H8BrNO2. The summed E-state index contributed by atoms with van der Waals surface area (Å²) in [5.41, 5.74) is 2.25. The Balaban J connectivity index is 2.62. The molecule has 0 aromatic heterocycles. The highest BCUT2D eigenvalue weighted by Gasteiger charge is 2.18. The van der Waals surface area contributed by atoms with E-state index in [4.69, 9.17) is 5.11 Å². The average Bonchev–Trinajstić information content (AvgIpc) is 2.49. The number of hydrogen-bond donors (Lipinski definition) is 2. The number of anilines is 1. The second-order valence-corrected chi connectivity index (χ2v) is 3.88. The van der Waals surface area contributed by atoms with Crippen LogP contribution in [0.2, 0.25) is 0 Å². The molecule has 1 aromatic rings. The van der Waals surface area contributed by atoms with Gasteiger partial charge in [0.2, 0.25) is 0 Å². The zero-order valence-electron chi connectivity index (χ0n) is 6.80. The van der Waals surface area contributed by atoms with E-state index in [0.29, 0.717) is 5.56 Å². The van der Waals surface area contributed by atoms with E-state index < -0.39 is 5.97 Å². The molecule has 1 heterocycles. The molecule has 0 aliphatic carbocycles. The summed E-state index contributed by atoms with van der Waals surface area (Å²) in [5, 5.41) is 12.1. The van der Waals surface area contributed by atoms with Gasteiger partial charge in [-0.1, -0.05) is 15.9 Å². The predicted octanol–water partition coefficient (Wildman–Crippen LogP) is 2.12. The van der Waals surface area contributed by atoms with Crippen LogP contribution in [0.4, 0.5) is 5.69 Å². The number of fused-ring (bicyclic) bond motifs is 1. The van der Waals surface area contributed by atoms with Crippen LogP contribution in [-0.4, -0.2) is 17.6 Å². The maximum atomic E-state index is 10.9. The second-order valence-electron chi connectivity index (χ2n) is 2.96. The van der Waals surface area contributed by atoms with Crippen molar-refractivity contribution in [3.8, 4) is 0 Å². The molecule has 0 atom stereocenters. The first-order valence-electron chi connectivity index (χ1n) is 3.98. The molecule has 0 radical (unpaired) electrons. The topological polar surface area (TPSA) is 49.3 Å². The molecule has 0 saturated heterocycles. The van der Waals surface area contributed by atoms with E-state index in [1.165, 1.54) is 0 Å². The fourth-order valence-corrected chi connectivity index (χ4v) is 2.03. The minimum atomic E-state index is -0.860. The van der Waals surface area contributed by atoms with Crippen LogP contribution in [0.1, 0.15) is 15.9 Å². The molecule has 0 bridgehead atoms. The summed E-state index contributed by atoms with van der Waals surface area (Å²) >= 11 is 3.28. The van der Waals surface area contributed by atoms with Gasteiger partial charge >= 0.3 is 5.97 Å². The standard InChI is InChI=1S/C9H8BrNO2/c10-5-3-7(9(12)13)6-1-2-11-8(6)4-5/h3-4,11H,1-2H2,(H,12,13). The molecule has 1 aliphatic heterocycles. The third-order valence-electron chi connectivity index (χ3n) is 2.14. The third kappa shape index (κ3) is 1.42. The number of aromatic carboxylic acids is 1. The fourth-order valence-electron chi connectivity index (χ4n) is 1.58. The molecule has 2 rings (SSSR count). The number of benzene rings is 1. The van der Waals surface area contributed by atoms with Crippen molar-refractivity contribution < 1.29 is 9.90 Å². The van der Waals surface area contributed by atoms with Crippen molar-refractivity contribution in [1.82, 2.24) is 0 Å². The summed E-state index contributed by atoms with van der Waals surface area (Å²) in [6.45, 7) is 0.825. The van der Waals surface area contributed by atoms with Gasteiger partial charge in [0.1, 0.15) is 0 Å². The Kier molecular flexibility index (Phi) is 2.00. The van der Waals surface area contributed by atoms with Crippen molar-refractivity contribution in [2.45, 2.75) is 6.42 Å². The summed E-state index contributed by atoms with van der Waals surface area (Å²) in [6.07, 6.45) is 0.796. The van der Waals surface area contributed by atoms with Crippen LogP contribution >= 0.6 is 15.9 Å². The van der Waals surface area contributed by atoms with Crippen LogP contribution < -0.4 is 5.32 Å². The van der Waals surface area contributed by atoms with Gasteiger partial charge in [-0.3, -0.25) is 0 Å². The molecule has 0 amide bonds. The smallest absolute Gasteiger partial charge is 0.336 e. The van der Waals surface area contributed by atoms with Crippen molar-refractivity contribution in [2.24, 2.45) is 0 Å². The van der Waals surface area contributed by atoms with Gasteiger partial charge in [0.05, 0.1) is 5.56 Å². The first-order valence-corrected chi connectivity index (χ1v) is 4.77. The van der Waals surface area contributed by atoms with E-state index in [-0.39, 0.29) is 0 Å². The van der Waals surface area contributed by atoms with E-state index in [1.54, 1.807) is 6.07 Å². The number of hydrogen-bond acceptors (Lipinski definition) is 2. The van der Waals surface area contributed by atoms with Gasteiger partial charge in [-0.15, -0.1) is 0 Å². The predicted molar refractivity (Wildman–Crippen MR) is 53.3 cm³/mol. The van der Waals surface area contributed by atoms with Gasteiger partial charge in [0, 0.05) is 16.7 Å². The first kappa shape index (κ1) is 8.56. The van der Waals surface area contributed by atoms with Gasteiger partial charge in [-0.2, -0.15) is 0 Å². The molecule has 0 unspecified atom stereocenters. The van der Waals surface area contributed by atoms with Crippen molar-refractivity contribution in [1.29, 1.82) is 0 Å². The molecular weight excluding hydrogens is 234 g/mol. The van der Waals surface area contributed by atoms with Crippen LogP contribution in [0, 0.1) is 0 Å². The lowest BCUT2D eigenvalue weighted by atomic mass is 10.1. The van der Waals surface area contributed by atoms with Crippen LogP contribution in [0.15, 0.2) is 16.6 Å². The molecule has 4 heteroatoms. The third-order valence-corrected chi connectivity index (χ3v) is 2.59. The number of carboxylic acid groups (broad SMARTS) is 1. The zero-order valence-corrected chi connectivity index (χ0v) is 8.39. The highest BCUT2D eigenvalue weighted by Crippen LogP contribution is 2.29. The maximum Gasteiger partial charge on any atom is 0.336 e. The first-order chi connectivity index (χ1) is 6.18. The normalized spacial score (nSPS) is 13.6. The summed E-state index contributed by atoms with van der Waals surface area (Å²) in [7, 11) is 0.